The molecule has 0 spiro atoms. The van der Waals surface area contributed by atoms with E-state index < -0.39 is 0 Å². The summed E-state index contributed by atoms with van der Waals surface area (Å²) >= 11 is 0. The van der Waals surface area contributed by atoms with Crippen molar-refractivity contribution in [1.29, 1.82) is 0 Å². The molecule has 0 bridgehead atoms. The summed E-state index contributed by atoms with van der Waals surface area (Å²) in [4.78, 5) is 2.52. The molecule has 2 nitrogen and oxygen atoms in total. The molecular formula is C13H24N2. The van der Waals surface area contributed by atoms with E-state index in [1.54, 1.807) is 0 Å². The lowest BCUT2D eigenvalue weighted by Crippen LogP contribution is -2.58. The van der Waals surface area contributed by atoms with Crippen LogP contribution in [-0.2, 0) is 0 Å². The van der Waals surface area contributed by atoms with Gasteiger partial charge in [0, 0.05) is 25.2 Å². The molecule has 3 atom stereocenters. The minimum Gasteiger partial charge on any atom is -0.311 e. The van der Waals surface area contributed by atoms with E-state index in [2.05, 4.69) is 36.9 Å². The largest absolute Gasteiger partial charge is 0.311 e. The van der Waals surface area contributed by atoms with Crippen LogP contribution < -0.4 is 5.32 Å². The summed E-state index contributed by atoms with van der Waals surface area (Å²) in [6.07, 6.45) is 9.04. The molecule has 1 rings (SSSR count). The maximum Gasteiger partial charge on any atom is 0.0712 e. The zero-order valence-corrected chi connectivity index (χ0v) is 10.3. The normalized spacial score (nSPS) is 29.7. The van der Waals surface area contributed by atoms with Crippen LogP contribution in [0.2, 0.25) is 0 Å². The Kier molecular flexibility index (Phi) is 5.14. The van der Waals surface area contributed by atoms with Crippen LogP contribution in [0.25, 0.3) is 0 Å². The number of hydrogen-bond donors (Lipinski definition) is 1. The molecule has 15 heavy (non-hydrogen) atoms. The molecule has 1 heterocycles. The first-order valence-corrected chi connectivity index (χ1v) is 6.21. The predicted octanol–water partition coefficient (Wildman–Crippen LogP) is 1.86. The van der Waals surface area contributed by atoms with Gasteiger partial charge in [0.1, 0.15) is 0 Å². The van der Waals surface area contributed by atoms with Crippen LogP contribution in [0.4, 0.5) is 0 Å². The fourth-order valence-corrected chi connectivity index (χ4v) is 2.37. The molecule has 0 radical (unpaired) electrons. The standard InChI is InChI=1S/C13H24N2/c1-5-11-10-15(12(6-2)7-3)13(8-4)9-14-11/h2,11-14H,5,7-10H2,1,3-4H3. The highest BCUT2D eigenvalue weighted by atomic mass is 15.2. The number of hydrogen-bond acceptors (Lipinski definition) is 2. The van der Waals surface area contributed by atoms with Gasteiger partial charge in [0.05, 0.1) is 6.04 Å². The summed E-state index contributed by atoms with van der Waals surface area (Å²) in [5.41, 5.74) is 0. The van der Waals surface area contributed by atoms with E-state index in [4.69, 9.17) is 6.42 Å². The maximum absolute atomic E-state index is 5.61. The van der Waals surface area contributed by atoms with Crippen LogP contribution in [0, 0.1) is 12.3 Å². The molecule has 86 valence electrons. The highest BCUT2D eigenvalue weighted by molar-refractivity contribution is 5.03. The molecule has 0 aromatic heterocycles. The van der Waals surface area contributed by atoms with Crippen molar-refractivity contribution in [2.75, 3.05) is 13.1 Å². The lowest BCUT2D eigenvalue weighted by molar-refractivity contribution is 0.0991. The summed E-state index contributed by atoms with van der Waals surface area (Å²) < 4.78 is 0. The third-order valence-corrected chi connectivity index (χ3v) is 3.49. The highest BCUT2D eigenvalue weighted by Crippen LogP contribution is 2.16. The first-order valence-electron chi connectivity index (χ1n) is 6.21. The topological polar surface area (TPSA) is 15.3 Å². The third-order valence-electron chi connectivity index (χ3n) is 3.49. The number of rotatable bonds is 4. The Morgan fingerprint density at radius 1 is 1.40 bits per heavy atom. The molecule has 0 aromatic carbocycles. The van der Waals surface area contributed by atoms with Crippen LogP contribution in [0.5, 0.6) is 0 Å². The van der Waals surface area contributed by atoms with Crippen molar-refractivity contribution in [3.63, 3.8) is 0 Å². The lowest BCUT2D eigenvalue weighted by atomic mass is 10.0. The molecule has 3 unspecified atom stereocenters. The highest BCUT2D eigenvalue weighted by Gasteiger charge is 2.29. The van der Waals surface area contributed by atoms with Crippen molar-refractivity contribution >= 4 is 0 Å². The van der Waals surface area contributed by atoms with Gasteiger partial charge < -0.3 is 5.32 Å². The van der Waals surface area contributed by atoms with Crippen LogP contribution in [-0.4, -0.2) is 36.1 Å². The van der Waals surface area contributed by atoms with E-state index in [1.165, 1.54) is 12.8 Å². The number of piperazine rings is 1. The zero-order chi connectivity index (χ0) is 11.3. The molecule has 1 saturated heterocycles. The fourth-order valence-electron chi connectivity index (χ4n) is 2.37. The van der Waals surface area contributed by atoms with E-state index in [-0.39, 0.29) is 0 Å². The van der Waals surface area contributed by atoms with Crippen molar-refractivity contribution in [1.82, 2.24) is 10.2 Å². The number of terminal acetylenes is 1. The maximum atomic E-state index is 5.61. The SMILES string of the molecule is C#CC(CC)N1CC(CC)NCC1CC. The van der Waals surface area contributed by atoms with Gasteiger partial charge in [0.2, 0.25) is 0 Å². The Labute approximate surface area is 94.4 Å². The van der Waals surface area contributed by atoms with E-state index in [0.717, 1.165) is 19.5 Å². The Morgan fingerprint density at radius 3 is 2.60 bits per heavy atom. The van der Waals surface area contributed by atoms with Crippen LogP contribution in [0.3, 0.4) is 0 Å². The first kappa shape index (κ1) is 12.5. The molecule has 0 aromatic rings. The van der Waals surface area contributed by atoms with Crippen molar-refractivity contribution < 1.29 is 0 Å². The summed E-state index contributed by atoms with van der Waals surface area (Å²) in [6.45, 7) is 8.86. The van der Waals surface area contributed by atoms with Gasteiger partial charge in [-0.3, -0.25) is 4.90 Å². The molecule has 1 N–H and O–H groups in total. The first-order chi connectivity index (χ1) is 7.26. The third kappa shape index (κ3) is 2.96. The molecule has 0 saturated carbocycles. The van der Waals surface area contributed by atoms with Gasteiger partial charge >= 0.3 is 0 Å². The molecule has 1 aliphatic rings. The minimum atomic E-state index is 0.325. The van der Waals surface area contributed by atoms with Gasteiger partial charge in [-0.15, -0.1) is 6.42 Å². The molecule has 0 aliphatic carbocycles. The van der Waals surface area contributed by atoms with Gasteiger partial charge in [0.25, 0.3) is 0 Å². The fraction of sp³-hybridized carbons (Fsp3) is 0.846. The molecule has 0 amide bonds. The molecule has 1 fully saturated rings. The van der Waals surface area contributed by atoms with Crippen LogP contribution >= 0.6 is 0 Å². The average molecular weight is 208 g/mol. The summed E-state index contributed by atoms with van der Waals surface area (Å²) in [5, 5.41) is 3.59. The van der Waals surface area contributed by atoms with E-state index in [1.807, 2.05) is 0 Å². The van der Waals surface area contributed by atoms with Crippen molar-refractivity contribution in [3.05, 3.63) is 0 Å². The monoisotopic (exact) mass is 208 g/mol. The Balaban J connectivity index is 2.66. The molecule has 1 aliphatic heterocycles. The quantitative estimate of drug-likeness (QED) is 0.709. The van der Waals surface area contributed by atoms with Gasteiger partial charge in [0.15, 0.2) is 0 Å². The van der Waals surface area contributed by atoms with Gasteiger partial charge in [-0.1, -0.05) is 26.7 Å². The number of nitrogens with zero attached hydrogens (tertiary/aromatic N) is 1. The van der Waals surface area contributed by atoms with E-state index in [0.29, 0.717) is 18.1 Å². The summed E-state index contributed by atoms with van der Waals surface area (Å²) in [7, 11) is 0. The molecular weight excluding hydrogens is 184 g/mol. The minimum absolute atomic E-state index is 0.325. The van der Waals surface area contributed by atoms with Crippen molar-refractivity contribution in [2.45, 2.75) is 58.2 Å². The van der Waals surface area contributed by atoms with Gasteiger partial charge in [-0.05, 0) is 19.3 Å². The second kappa shape index (κ2) is 6.15. The Bertz CT molecular complexity index is 219. The average Bonchev–Trinajstić information content (AvgIpc) is 2.30. The smallest absolute Gasteiger partial charge is 0.0712 e. The van der Waals surface area contributed by atoms with Crippen LogP contribution in [0.1, 0.15) is 40.0 Å². The summed E-state index contributed by atoms with van der Waals surface area (Å²) in [5.74, 6) is 2.93. The van der Waals surface area contributed by atoms with E-state index >= 15 is 0 Å². The summed E-state index contributed by atoms with van der Waals surface area (Å²) in [6, 6.07) is 1.56. The van der Waals surface area contributed by atoms with Gasteiger partial charge in [-0.25, -0.2) is 0 Å². The Morgan fingerprint density at radius 2 is 2.13 bits per heavy atom. The number of nitrogens with one attached hydrogen (secondary N) is 1. The van der Waals surface area contributed by atoms with Crippen LogP contribution in [0.15, 0.2) is 0 Å². The zero-order valence-electron chi connectivity index (χ0n) is 10.3. The van der Waals surface area contributed by atoms with Gasteiger partial charge in [-0.2, -0.15) is 0 Å². The predicted molar refractivity (Wildman–Crippen MR) is 65.8 cm³/mol. The second-order valence-electron chi connectivity index (χ2n) is 4.36. The van der Waals surface area contributed by atoms with Crippen molar-refractivity contribution in [2.24, 2.45) is 0 Å². The van der Waals surface area contributed by atoms with Crippen molar-refractivity contribution in [3.8, 4) is 12.3 Å². The Hall–Kier alpha value is -0.520. The lowest BCUT2D eigenvalue weighted by Gasteiger charge is -2.42. The van der Waals surface area contributed by atoms with E-state index in [9.17, 15) is 0 Å². The molecule has 2 heteroatoms. The second-order valence-corrected chi connectivity index (χ2v) is 4.36.